The number of rotatable bonds is 4. The highest BCUT2D eigenvalue weighted by molar-refractivity contribution is 5.95. The molecule has 1 aromatic carbocycles. The summed E-state index contributed by atoms with van der Waals surface area (Å²) >= 11 is 0. The Morgan fingerprint density at radius 2 is 1.90 bits per heavy atom. The van der Waals surface area contributed by atoms with Crippen LogP contribution in [0.25, 0.3) is 5.65 Å². The fourth-order valence-corrected chi connectivity index (χ4v) is 3.01. The first-order valence-electron chi connectivity index (χ1n) is 9.33. The van der Waals surface area contributed by atoms with E-state index in [0.29, 0.717) is 28.9 Å². The third-order valence-electron chi connectivity index (χ3n) is 4.64. The molecule has 0 unspecified atom stereocenters. The molecule has 1 N–H and O–H groups in total. The van der Waals surface area contributed by atoms with Gasteiger partial charge in [0.05, 0.1) is 22.5 Å². The summed E-state index contributed by atoms with van der Waals surface area (Å²) in [6.45, 7) is 8.03. The van der Waals surface area contributed by atoms with Gasteiger partial charge >= 0.3 is 6.18 Å². The monoisotopic (exact) mass is 404 g/mol. The molecule has 0 atom stereocenters. The van der Waals surface area contributed by atoms with Gasteiger partial charge in [-0.2, -0.15) is 18.3 Å². The van der Waals surface area contributed by atoms with Gasteiger partial charge in [0.2, 0.25) is 0 Å². The summed E-state index contributed by atoms with van der Waals surface area (Å²) < 4.78 is 40.2. The van der Waals surface area contributed by atoms with Crippen molar-refractivity contribution in [1.29, 1.82) is 0 Å². The van der Waals surface area contributed by atoms with Crippen molar-refractivity contribution in [1.82, 2.24) is 19.9 Å². The Kier molecular flexibility index (Phi) is 5.38. The molecule has 154 valence electrons. The lowest BCUT2D eigenvalue weighted by atomic mass is 9.93. The Morgan fingerprint density at radius 1 is 1.17 bits per heavy atom. The van der Waals surface area contributed by atoms with Gasteiger partial charge in [0.25, 0.3) is 5.91 Å². The minimum absolute atomic E-state index is 0.0176. The Hall–Kier alpha value is -2.90. The molecule has 0 aliphatic heterocycles. The van der Waals surface area contributed by atoms with Gasteiger partial charge in [-0.25, -0.2) is 9.50 Å². The van der Waals surface area contributed by atoms with Crippen molar-refractivity contribution in [3.8, 4) is 0 Å². The smallest absolute Gasteiger partial charge is 0.348 e. The molecule has 0 bridgehead atoms. The number of fused-ring (bicyclic) bond motifs is 1. The van der Waals surface area contributed by atoms with Crippen molar-refractivity contribution in [2.24, 2.45) is 0 Å². The lowest BCUT2D eigenvalue weighted by molar-refractivity contribution is -0.137. The number of nitrogens with one attached hydrogen (secondary N) is 1. The average Bonchev–Trinajstić information content (AvgIpc) is 3.09. The first kappa shape index (κ1) is 20.8. The number of benzene rings is 1. The lowest BCUT2D eigenvalue weighted by Gasteiger charge is -2.14. The molecule has 2 aromatic heterocycles. The normalized spacial score (nSPS) is 12.4. The van der Waals surface area contributed by atoms with E-state index in [4.69, 9.17) is 0 Å². The van der Waals surface area contributed by atoms with Crippen LogP contribution in [0, 0.1) is 0 Å². The van der Waals surface area contributed by atoms with E-state index < -0.39 is 17.6 Å². The number of aryl methyl sites for hydroxylation is 1. The van der Waals surface area contributed by atoms with Crippen LogP contribution in [0.1, 0.15) is 60.6 Å². The Morgan fingerprint density at radius 3 is 2.52 bits per heavy atom. The van der Waals surface area contributed by atoms with Gasteiger partial charge in [0.15, 0.2) is 5.65 Å². The van der Waals surface area contributed by atoms with Crippen molar-refractivity contribution >= 4 is 11.6 Å². The molecule has 0 fully saturated rings. The van der Waals surface area contributed by atoms with Crippen LogP contribution in [-0.2, 0) is 24.6 Å². The Bertz CT molecular complexity index is 1050. The van der Waals surface area contributed by atoms with Crippen LogP contribution < -0.4 is 5.32 Å². The Balaban J connectivity index is 1.86. The minimum Gasteiger partial charge on any atom is -0.348 e. The summed E-state index contributed by atoms with van der Waals surface area (Å²) in [6, 6.07) is 6.80. The van der Waals surface area contributed by atoms with Gasteiger partial charge < -0.3 is 5.32 Å². The molecular weight excluding hydrogens is 381 g/mol. The van der Waals surface area contributed by atoms with Gasteiger partial charge in [-0.15, -0.1) is 0 Å². The lowest BCUT2D eigenvalue weighted by Crippen LogP contribution is -2.25. The Labute approximate surface area is 167 Å². The summed E-state index contributed by atoms with van der Waals surface area (Å²) in [5.74, 6) is -0.401. The zero-order valence-corrected chi connectivity index (χ0v) is 16.8. The molecule has 0 aliphatic rings. The molecule has 0 radical (unpaired) electrons. The SMILES string of the molecule is CCc1c(C(=O)NCc2cccc(C(F)(F)F)c2)cnc2cc(C(C)(C)C)nn12. The van der Waals surface area contributed by atoms with Crippen LogP contribution in [0.4, 0.5) is 13.2 Å². The van der Waals surface area contributed by atoms with E-state index in [1.54, 1.807) is 10.6 Å². The van der Waals surface area contributed by atoms with E-state index in [2.05, 4.69) is 15.4 Å². The summed E-state index contributed by atoms with van der Waals surface area (Å²) in [6.07, 6.45) is -2.38. The summed E-state index contributed by atoms with van der Waals surface area (Å²) in [4.78, 5) is 17.0. The number of hydrogen-bond acceptors (Lipinski definition) is 3. The van der Waals surface area contributed by atoms with Gasteiger partial charge in [-0.05, 0) is 24.1 Å². The molecule has 0 saturated heterocycles. The maximum absolute atomic E-state index is 12.9. The van der Waals surface area contributed by atoms with Crippen molar-refractivity contribution in [2.75, 3.05) is 0 Å². The van der Waals surface area contributed by atoms with E-state index in [0.717, 1.165) is 17.8 Å². The topological polar surface area (TPSA) is 59.3 Å². The number of aromatic nitrogens is 3. The number of alkyl halides is 3. The zero-order valence-electron chi connectivity index (χ0n) is 16.8. The van der Waals surface area contributed by atoms with E-state index in [-0.39, 0.29) is 12.0 Å². The molecule has 0 saturated carbocycles. The van der Waals surface area contributed by atoms with Crippen LogP contribution in [0.2, 0.25) is 0 Å². The number of carbonyl (C=O) groups excluding carboxylic acids is 1. The second-order valence-corrected chi connectivity index (χ2v) is 7.90. The standard InChI is InChI=1S/C21H23F3N4O/c1-5-16-15(12-25-18-10-17(20(2,3)4)27-28(16)18)19(29)26-11-13-7-6-8-14(9-13)21(22,23)24/h6-10,12H,5,11H2,1-4H3,(H,26,29). The first-order valence-corrected chi connectivity index (χ1v) is 9.33. The highest BCUT2D eigenvalue weighted by Gasteiger charge is 2.30. The summed E-state index contributed by atoms with van der Waals surface area (Å²) in [7, 11) is 0. The van der Waals surface area contributed by atoms with Crippen LogP contribution in [0.3, 0.4) is 0 Å². The predicted molar refractivity (Wildman–Crippen MR) is 104 cm³/mol. The van der Waals surface area contributed by atoms with Crippen LogP contribution in [0.5, 0.6) is 0 Å². The molecule has 1 amide bonds. The molecule has 0 spiro atoms. The second-order valence-electron chi connectivity index (χ2n) is 7.90. The van der Waals surface area contributed by atoms with Crippen molar-refractivity contribution in [3.05, 3.63) is 64.6 Å². The highest BCUT2D eigenvalue weighted by atomic mass is 19.4. The maximum atomic E-state index is 12.9. The van der Waals surface area contributed by atoms with Crippen molar-refractivity contribution < 1.29 is 18.0 Å². The second kappa shape index (κ2) is 7.50. The number of halogens is 3. The van der Waals surface area contributed by atoms with E-state index >= 15 is 0 Å². The first-order chi connectivity index (χ1) is 13.5. The molecule has 3 aromatic rings. The molecule has 29 heavy (non-hydrogen) atoms. The third-order valence-corrected chi connectivity index (χ3v) is 4.64. The van der Waals surface area contributed by atoms with Gasteiger partial charge in [-0.1, -0.05) is 39.8 Å². The van der Waals surface area contributed by atoms with Crippen LogP contribution >= 0.6 is 0 Å². The number of amides is 1. The third kappa shape index (κ3) is 4.41. The van der Waals surface area contributed by atoms with Gasteiger partial charge in [0, 0.05) is 24.2 Å². The molecular formula is C21H23F3N4O. The largest absolute Gasteiger partial charge is 0.416 e. The number of nitrogens with zero attached hydrogens (tertiary/aromatic N) is 3. The quantitative estimate of drug-likeness (QED) is 0.695. The van der Waals surface area contributed by atoms with E-state index in [1.807, 2.05) is 33.8 Å². The summed E-state index contributed by atoms with van der Waals surface area (Å²) in [5, 5.41) is 7.29. The number of carbonyl (C=O) groups is 1. The molecule has 0 aliphatic carbocycles. The minimum atomic E-state index is -4.42. The number of hydrogen-bond donors (Lipinski definition) is 1. The fourth-order valence-electron chi connectivity index (χ4n) is 3.01. The van der Waals surface area contributed by atoms with Gasteiger partial charge in [0.1, 0.15) is 0 Å². The van der Waals surface area contributed by atoms with E-state index in [9.17, 15) is 18.0 Å². The van der Waals surface area contributed by atoms with Gasteiger partial charge in [-0.3, -0.25) is 4.79 Å². The maximum Gasteiger partial charge on any atom is 0.416 e. The zero-order chi connectivity index (χ0) is 21.4. The average molecular weight is 404 g/mol. The predicted octanol–water partition coefficient (Wildman–Crippen LogP) is 4.54. The highest BCUT2D eigenvalue weighted by Crippen LogP contribution is 2.29. The van der Waals surface area contributed by atoms with Crippen LogP contribution in [-0.4, -0.2) is 20.5 Å². The molecule has 3 rings (SSSR count). The van der Waals surface area contributed by atoms with E-state index in [1.165, 1.54) is 12.3 Å². The molecule has 2 heterocycles. The summed E-state index contributed by atoms with van der Waals surface area (Å²) in [5.41, 5.74) is 2.04. The van der Waals surface area contributed by atoms with Crippen molar-refractivity contribution in [3.63, 3.8) is 0 Å². The molecule has 5 nitrogen and oxygen atoms in total. The molecule has 8 heteroatoms. The fraction of sp³-hybridized carbons (Fsp3) is 0.381. The van der Waals surface area contributed by atoms with Crippen molar-refractivity contribution in [2.45, 2.75) is 52.3 Å². The van der Waals surface area contributed by atoms with Crippen LogP contribution in [0.15, 0.2) is 36.5 Å².